The molecule has 0 fully saturated rings. The summed E-state index contributed by atoms with van der Waals surface area (Å²) in [6.07, 6.45) is 2.09. The highest BCUT2D eigenvalue weighted by Crippen LogP contribution is 2.17. The summed E-state index contributed by atoms with van der Waals surface area (Å²) in [5, 5.41) is 13.8. The minimum atomic E-state index is -0.446. The quantitative estimate of drug-likeness (QED) is 0.495. The van der Waals surface area contributed by atoms with Crippen LogP contribution in [0.3, 0.4) is 0 Å². The van der Waals surface area contributed by atoms with Gasteiger partial charge in [0.1, 0.15) is 12.0 Å². The Morgan fingerprint density at radius 2 is 2.05 bits per heavy atom. The van der Waals surface area contributed by atoms with Crippen LogP contribution in [-0.4, -0.2) is 16.5 Å². The number of aryl methyl sites for hydroxylation is 1. The molecule has 2 rings (SSSR count). The largest absolute Gasteiger partial charge is 0.399 e. The van der Waals surface area contributed by atoms with E-state index in [4.69, 9.17) is 5.73 Å². The molecular formula is C14H16N4O2. The van der Waals surface area contributed by atoms with Crippen LogP contribution in [0.25, 0.3) is 0 Å². The van der Waals surface area contributed by atoms with Crippen molar-refractivity contribution in [2.75, 3.05) is 17.6 Å². The van der Waals surface area contributed by atoms with E-state index in [1.807, 2.05) is 24.3 Å². The molecule has 1 aromatic carbocycles. The highest BCUT2D eigenvalue weighted by molar-refractivity contribution is 5.48. The number of hydrogen-bond donors (Lipinski definition) is 2. The number of nitrogens with two attached hydrogens (primary N) is 1. The van der Waals surface area contributed by atoms with Crippen LogP contribution >= 0.6 is 0 Å². The lowest BCUT2D eigenvalue weighted by molar-refractivity contribution is -0.385. The number of nitrogen functional groups attached to an aromatic ring is 1. The zero-order valence-electron chi connectivity index (χ0n) is 11.2. The first-order chi connectivity index (χ1) is 9.56. The standard InChI is InChI=1S/C14H16N4O2/c1-10-8-13(18(19)20)9-17-14(10)16-7-6-11-2-4-12(15)5-3-11/h2-5,8-9H,6-7,15H2,1H3,(H,16,17). The number of benzene rings is 1. The minimum Gasteiger partial charge on any atom is -0.399 e. The van der Waals surface area contributed by atoms with Gasteiger partial charge in [-0.05, 0) is 36.6 Å². The van der Waals surface area contributed by atoms with Crippen LogP contribution in [0.5, 0.6) is 0 Å². The van der Waals surface area contributed by atoms with Crippen LogP contribution in [0, 0.1) is 17.0 Å². The number of nitrogens with one attached hydrogen (secondary N) is 1. The Morgan fingerprint density at radius 3 is 2.65 bits per heavy atom. The molecule has 104 valence electrons. The van der Waals surface area contributed by atoms with Gasteiger partial charge in [0.15, 0.2) is 0 Å². The van der Waals surface area contributed by atoms with Crippen LogP contribution in [0.2, 0.25) is 0 Å². The van der Waals surface area contributed by atoms with E-state index < -0.39 is 4.92 Å². The number of aromatic nitrogens is 1. The monoisotopic (exact) mass is 272 g/mol. The maximum absolute atomic E-state index is 10.6. The van der Waals surface area contributed by atoms with Crippen molar-refractivity contribution in [3.05, 3.63) is 57.8 Å². The highest BCUT2D eigenvalue weighted by atomic mass is 16.6. The van der Waals surface area contributed by atoms with E-state index >= 15 is 0 Å². The van der Waals surface area contributed by atoms with E-state index in [1.165, 1.54) is 17.8 Å². The van der Waals surface area contributed by atoms with Crippen molar-refractivity contribution < 1.29 is 4.92 Å². The molecule has 20 heavy (non-hydrogen) atoms. The average molecular weight is 272 g/mol. The lowest BCUT2D eigenvalue weighted by atomic mass is 10.1. The molecule has 0 spiro atoms. The van der Waals surface area contributed by atoms with E-state index in [0.717, 1.165) is 17.7 Å². The molecule has 0 saturated heterocycles. The summed E-state index contributed by atoms with van der Waals surface area (Å²) in [5.74, 6) is 0.672. The maximum Gasteiger partial charge on any atom is 0.287 e. The van der Waals surface area contributed by atoms with E-state index in [2.05, 4.69) is 10.3 Å². The topological polar surface area (TPSA) is 94.1 Å². The Morgan fingerprint density at radius 1 is 1.35 bits per heavy atom. The Hall–Kier alpha value is -2.63. The van der Waals surface area contributed by atoms with Gasteiger partial charge in [-0.2, -0.15) is 0 Å². The van der Waals surface area contributed by atoms with E-state index in [1.54, 1.807) is 6.92 Å². The maximum atomic E-state index is 10.6. The smallest absolute Gasteiger partial charge is 0.287 e. The second-order valence-electron chi connectivity index (χ2n) is 4.53. The van der Waals surface area contributed by atoms with Gasteiger partial charge in [-0.1, -0.05) is 12.1 Å². The third kappa shape index (κ3) is 3.44. The third-order valence-corrected chi connectivity index (χ3v) is 2.96. The fourth-order valence-electron chi connectivity index (χ4n) is 1.85. The van der Waals surface area contributed by atoms with E-state index in [9.17, 15) is 10.1 Å². The van der Waals surface area contributed by atoms with Crippen LogP contribution < -0.4 is 11.1 Å². The number of hydrogen-bond acceptors (Lipinski definition) is 5. The predicted molar refractivity (Wildman–Crippen MR) is 78.7 cm³/mol. The summed E-state index contributed by atoms with van der Waals surface area (Å²) in [6.45, 7) is 2.50. The van der Waals surface area contributed by atoms with Crippen molar-refractivity contribution in [2.45, 2.75) is 13.3 Å². The molecule has 6 heteroatoms. The normalized spacial score (nSPS) is 10.2. The van der Waals surface area contributed by atoms with Crippen LogP contribution in [0.4, 0.5) is 17.2 Å². The van der Waals surface area contributed by atoms with E-state index in [0.29, 0.717) is 12.4 Å². The molecule has 0 aliphatic carbocycles. The zero-order chi connectivity index (χ0) is 14.5. The van der Waals surface area contributed by atoms with Crippen molar-refractivity contribution in [3.8, 4) is 0 Å². The molecule has 0 amide bonds. The van der Waals surface area contributed by atoms with Crippen LogP contribution in [0.15, 0.2) is 36.5 Å². The molecule has 0 aliphatic heterocycles. The van der Waals surface area contributed by atoms with Crippen molar-refractivity contribution in [2.24, 2.45) is 0 Å². The minimum absolute atomic E-state index is 0.00610. The summed E-state index contributed by atoms with van der Waals surface area (Å²) >= 11 is 0. The fourth-order valence-corrected chi connectivity index (χ4v) is 1.85. The predicted octanol–water partition coefficient (Wildman–Crippen LogP) is 2.54. The highest BCUT2D eigenvalue weighted by Gasteiger charge is 2.08. The second-order valence-corrected chi connectivity index (χ2v) is 4.53. The number of nitrogens with zero attached hydrogens (tertiary/aromatic N) is 2. The molecule has 1 aromatic heterocycles. The molecule has 0 atom stereocenters. The Bertz CT molecular complexity index is 611. The van der Waals surface area contributed by atoms with Gasteiger partial charge < -0.3 is 11.1 Å². The Balaban J connectivity index is 1.94. The van der Waals surface area contributed by atoms with Gasteiger partial charge in [-0.3, -0.25) is 10.1 Å². The molecule has 0 aliphatic rings. The second kappa shape index (κ2) is 6.01. The number of pyridine rings is 1. The Kier molecular flexibility index (Phi) is 4.14. The van der Waals surface area contributed by atoms with Crippen molar-refractivity contribution in [3.63, 3.8) is 0 Å². The first kappa shape index (κ1) is 13.8. The molecule has 2 aromatic rings. The van der Waals surface area contributed by atoms with Crippen molar-refractivity contribution in [1.82, 2.24) is 4.98 Å². The molecule has 3 N–H and O–H groups in total. The first-order valence-corrected chi connectivity index (χ1v) is 6.25. The van der Waals surface area contributed by atoms with Gasteiger partial charge in [0.05, 0.1) is 4.92 Å². The number of rotatable bonds is 5. The molecule has 0 unspecified atom stereocenters. The van der Waals surface area contributed by atoms with Gasteiger partial charge in [-0.15, -0.1) is 0 Å². The molecule has 0 bridgehead atoms. The number of nitro groups is 1. The van der Waals surface area contributed by atoms with Gasteiger partial charge >= 0.3 is 0 Å². The number of anilines is 2. The van der Waals surface area contributed by atoms with Gasteiger partial charge in [0, 0.05) is 18.3 Å². The van der Waals surface area contributed by atoms with Crippen molar-refractivity contribution >= 4 is 17.2 Å². The summed E-state index contributed by atoms with van der Waals surface area (Å²) in [4.78, 5) is 14.3. The zero-order valence-corrected chi connectivity index (χ0v) is 11.2. The first-order valence-electron chi connectivity index (χ1n) is 6.25. The SMILES string of the molecule is Cc1cc([N+](=O)[O-])cnc1NCCc1ccc(N)cc1. The Labute approximate surface area is 116 Å². The molecule has 1 heterocycles. The molecule has 0 radical (unpaired) electrons. The average Bonchev–Trinajstić information content (AvgIpc) is 2.42. The summed E-state index contributed by atoms with van der Waals surface area (Å²) in [5.41, 5.74) is 8.31. The van der Waals surface area contributed by atoms with Crippen LogP contribution in [-0.2, 0) is 6.42 Å². The van der Waals surface area contributed by atoms with Gasteiger partial charge in [0.25, 0.3) is 5.69 Å². The summed E-state index contributed by atoms with van der Waals surface area (Å²) in [7, 11) is 0. The van der Waals surface area contributed by atoms with E-state index in [-0.39, 0.29) is 5.69 Å². The lowest BCUT2D eigenvalue weighted by Gasteiger charge is -2.08. The third-order valence-electron chi connectivity index (χ3n) is 2.96. The van der Waals surface area contributed by atoms with Gasteiger partial charge in [-0.25, -0.2) is 4.98 Å². The molecule has 6 nitrogen and oxygen atoms in total. The summed E-state index contributed by atoms with van der Waals surface area (Å²) < 4.78 is 0. The van der Waals surface area contributed by atoms with Crippen molar-refractivity contribution in [1.29, 1.82) is 0 Å². The van der Waals surface area contributed by atoms with Crippen LogP contribution in [0.1, 0.15) is 11.1 Å². The fraction of sp³-hybridized carbons (Fsp3) is 0.214. The molecular weight excluding hydrogens is 256 g/mol. The lowest BCUT2D eigenvalue weighted by Crippen LogP contribution is -2.08. The van der Waals surface area contributed by atoms with Gasteiger partial charge in [0.2, 0.25) is 0 Å². The summed E-state index contributed by atoms with van der Waals surface area (Å²) in [6, 6.07) is 9.20. The molecule has 0 saturated carbocycles.